The predicted octanol–water partition coefficient (Wildman–Crippen LogP) is 1.81. The van der Waals surface area contributed by atoms with Crippen molar-refractivity contribution < 1.29 is 14.3 Å². The van der Waals surface area contributed by atoms with Crippen molar-refractivity contribution in [1.29, 1.82) is 0 Å². The molecule has 0 aliphatic rings. The molecule has 1 rings (SSSR count). The summed E-state index contributed by atoms with van der Waals surface area (Å²) in [5.74, 6) is -0.673. The fraction of sp³-hybridized carbons (Fsp3) is 0.467. The summed E-state index contributed by atoms with van der Waals surface area (Å²) in [7, 11) is 1.37. The summed E-state index contributed by atoms with van der Waals surface area (Å²) in [5.41, 5.74) is 6.30. The third kappa shape index (κ3) is 3.50. The zero-order valence-corrected chi connectivity index (χ0v) is 12.4. The van der Waals surface area contributed by atoms with Crippen LogP contribution in [0.15, 0.2) is 24.3 Å². The molecule has 20 heavy (non-hydrogen) atoms. The van der Waals surface area contributed by atoms with Gasteiger partial charge in [0.25, 0.3) is 0 Å². The van der Waals surface area contributed by atoms with E-state index < -0.39 is 5.41 Å². The summed E-state index contributed by atoms with van der Waals surface area (Å²) in [6.07, 6.45) is 0.626. The SMILES string of the molecule is CCC(Nc1ccc(C(C)(C)C(N)=O)cc1)C(=O)OC. The number of primary amides is 1. The van der Waals surface area contributed by atoms with Gasteiger partial charge in [-0.25, -0.2) is 4.79 Å². The molecule has 0 saturated carbocycles. The van der Waals surface area contributed by atoms with E-state index in [4.69, 9.17) is 10.5 Å². The zero-order chi connectivity index (χ0) is 15.3. The number of nitrogens with one attached hydrogen (secondary N) is 1. The van der Waals surface area contributed by atoms with Gasteiger partial charge in [0, 0.05) is 5.69 Å². The summed E-state index contributed by atoms with van der Waals surface area (Å²) < 4.78 is 4.72. The summed E-state index contributed by atoms with van der Waals surface area (Å²) in [4.78, 5) is 22.9. The lowest BCUT2D eigenvalue weighted by Crippen LogP contribution is -2.35. The third-order valence-electron chi connectivity index (χ3n) is 3.46. The molecule has 1 amide bonds. The first kappa shape index (κ1) is 16.0. The average molecular weight is 278 g/mol. The highest BCUT2D eigenvalue weighted by Crippen LogP contribution is 2.24. The molecule has 1 atom stereocenters. The number of nitrogens with two attached hydrogens (primary N) is 1. The van der Waals surface area contributed by atoms with Crippen molar-refractivity contribution in [1.82, 2.24) is 0 Å². The Labute approximate surface area is 119 Å². The molecule has 0 radical (unpaired) electrons. The second-order valence-corrected chi connectivity index (χ2v) is 5.19. The first-order valence-corrected chi connectivity index (χ1v) is 6.57. The largest absolute Gasteiger partial charge is 0.467 e. The van der Waals surface area contributed by atoms with Gasteiger partial charge < -0.3 is 15.8 Å². The summed E-state index contributed by atoms with van der Waals surface area (Å²) >= 11 is 0. The van der Waals surface area contributed by atoms with Crippen molar-refractivity contribution in [3.05, 3.63) is 29.8 Å². The van der Waals surface area contributed by atoms with Gasteiger partial charge in [-0.15, -0.1) is 0 Å². The van der Waals surface area contributed by atoms with E-state index in [1.54, 1.807) is 13.8 Å². The van der Waals surface area contributed by atoms with Crippen LogP contribution in [0.5, 0.6) is 0 Å². The number of ether oxygens (including phenoxy) is 1. The Morgan fingerprint density at radius 1 is 1.30 bits per heavy atom. The molecular formula is C15H22N2O3. The van der Waals surface area contributed by atoms with Crippen LogP contribution in [0, 0.1) is 0 Å². The molecule has 110 valence electrons. The Kier molecular flexibility index (Phi) is 5.13. The third-order valence-corrected chi connectivity index (χ3v) is 3.46. The van der Waals surface area contributed by atoms with E-state index in [-0.39, 0.29) is 17.9 Å². The molecular weight excluding hydrogens is 256 g/mol. The maximum absolute atomic E-state index is 11.5. The summed E-state index contributed by atoms with van der Waals surface area (Å²) in [6, 6.07) is 6.93. The molecule has 0 fully saturated rings. The quantitative estimate of drug-likeness (QED) is 0.778. The summed E-state index contributed by atoms with van der Waals surface area (Å²) in [6.45, 7) is 5.46. The molecule has 0 heterocycles. The minimum Gasteiger partial charge on any atom is -0.467 e. The lowest BCUT2D eigenvalue weighted by atomic mass is 9.84. The molecule has 0 aliphatic heterocycles. The Morgan fingerprint density at radius 2 is 1.85 bits per heavy atom. The highest BCUT2D eigenvalue weighted by molar-refractivity contribution is 5.86. The number of anilines is 1. The van der Waals surface area contributed by atoms with Crippen LogP contribution in [0.2, 0.25) is 0 Å². The number of hydrogen-bond acceptors (Lipinski definition) is 4. The van der Waals surface area contributed by atoms with Crippen molar-refractivity contribution in [3.8, 4) is 0 Å². The number of esters is 1. The van der Waals surface area contributed by atoms with Crippen LogP contribution in [0.3, 0.4) is 0 Å². The second kappa shape index (κ2) is 6.41. The zero-order valence-electron chi connectivity index (χ0n) is 12.4. The van der Waals surface area contributed by atoms with E-state index in [9.17, 15) is 9.59 Å². The molecule has 5 nitrogen and oxygen atoms in total. The van der Waals surface area contributed by atoms with Gasteiger partial charge in [-0.05, 0) is 38.0 Å². The first-order valence-electron chi connectivity index (χ1n) is 6.57. The highest BCUT2D eigenvalue weighted by Gasteiger charge is 2.27. The minimum absolute atomic E-state index is 0.297. The Morgan fingerprint density at radius 3 is 2.25 bits per heavy atom. The topological polar surface area (TPSA) is 81.4 Å². The van der Waals surface area contributed by atoms with Gasteiger partial charge in [0.15, 0.2) is 0 Å². The molecule has 1 aromatic carbocycles. The van der Waals surface area contributed by atoms with Crippen LogP contribution >= 0.6 is 0 Å². The van der Waals surface area contributed by atoms with Crippen molar-refractivity contribution >= 4 is 17.6 Å². The number of carbonyl (C=O) groups excluding carboxylic acids is 2. The van der Waals surface area contributed by atoms with Gasteiger partial charge in [-0.1, -0.05) is 19.1 Å². The van der Waals surface area contributed by atoms with Crippen LogP contribution in [0.1, 0.15) is 32.8 Å². The smallest absolute Gasteiger partial charge is 0.328 e. The van der Waals surface area contributed by atoms with E-state index in [0.29, 0.717) is 6.42 Å². The molecule has 1 aromatic rings. The predicted molar refractivity (Wildman–Crippen MR) is 78.4 cm³/mol. The van der Waals surface area contributed by atoms with Crippen LogP contribution in [0.4, 0.5) is 5.69 Å². The van der Waals surface area contributed by atoms with Gasteiger partial charge >= 0.3 is 5.97 Å². The van der Waals surface area contributed by atoms with Gasteiger partial charge in [0.2, 0.25) is 5.91 Å². The van der Waals surface area contributed by atoms with Gasteiger partial charge in [-0.2, -0.15) is 0 Å². The Balaban J connectivity index is 2.87. The van der Waals surface area contributed by atoms with Crippen LogP contribution in [-0.4, -0.2) is 25.0 Å². The second-order valence-electron chi connectivity index (χ2n) is 5.19. The summed E-state index contributed by atoms with van der Waals surface area (Å²) in [5, 5.41) is 3.10. The molecule has 0 aliphatic carbocycles. The van der Waals surface area contributed by atoms with Gasteiger partial charge in [0.1, 0.15) is 6.04 Å². The first-order chi connectivity index (χ1) is 9.32. The van der Waals surface area contributed by atoms with E-state index in [1.807, 2.05) is 31.2 Å². The maximum Gasteiger partial charge on any atom is 0.328 e. The van der Waals surface area contributed by atoms with E-state index in [0.717, 1.165) is 11.3 Å². The number of carbonyl (C=O) groups is 2. The highest BCUT2D eigenvalue weighted by atomic mass is 16.5. The number of hydrogen-bond donors (Lipinski definition) is 2. The van der Waals surface area contributed by atoms with Crippen molar-refractivity contribution in [2.75, 3.05) is 12.4 Å². The normalized spacial score (nSPS) is 12.6. The molecule has 1 unspecified atom stereocenters. The standard InChI is InChI=1S/C15H22N2O3/c1-5-12(13(18)20-4)17-11-8-6-10(7-9-11)15(2,3)14(16)19/h6-9,12,17H,5H2,1-4H3,(H2,16,19). The van der Waals surface area contributed by atoms with Crippen molar-refractivity contribution in [3.63, 3.8) is 0 Å². The molecule has 0 saturated heterocycles. The Bertz CT molecular complexity index is 480. The van der Waals surface area contributed by atoms with Crippen molar-refractivity contribution in [2.24, 2.45) is 5.73 Å². The fourth-order valence-corrected chi connectivity index (χ4v) is 1.80. The lowest BCUT2D eigenvalue weighted by Gasteiger charge is -2.22. The van der Waals surface area contributed by atoms with E-state index in [1.165, 1.54) is 7.11 Å². The average Bonchev–Trinajstić information content (AvgIpc) is 2.44. The van der Waals surface area contributed by atoms with Gasteiger partial charge in [-0.3, -0.25) is 4.79 Å². The molecule has 0 spiro atoms. The minimum atomic E-state index is -0.717. The van der Waals surface area contributed by atoms with E-state index in [2.05, 4.69) is 5.32 Å². The van der Waals surface area contributed by atoms with Gasteiger partial charge in [0.05, 0.1) is 12.5 Å². The number of methoxy groups -OCH3 is 1. The maximum atomic E-state index is 11.5. The Hall–Kier alpha value is -2.04. The lowest BCUT2D eigenvalue weighted by molar-refractivity contribution is -0.141. The van der Waals surface area contributed by atoms with E-state index >= 15 is 0 Å². The number of benzene rings is 1. The molecule has 0 bridgehead atoms. The molecule has 5 heteroatoms. The van der Waals surface area contributed by atoms with Crippen LogP contribution in [0.25, 0.3) is 0 Å². The van der Waals surface area contributed by atoms with Crippen molar-refractivity contribution in [2.45, 2.75) is 38.6 Å². The fourth-order valence-electron chi connectivity index (χ4n) is 1.80. The molecule has 0 aromatic heterocycles. The molecule has 3 N–H and O–H groups in total. The monoisotopic (exact) mass is 278 g/mol. The van der Waals surface area contributed by atoms with Crippen LogP contribution < -0.4 is 11.1 Å². The van der Waals surface area contributed by atoms with Crippen LogP contribution in [-0.2, 0) is 19.7 Å². The number of amides is 1. The number of rotatable bonds is 6.